The summed E-state index contributed by atoms with van der Waals surface area (Å²) in [5.74, 6) is -1.32. The lowest BCUT2D eigenvalue weighted by molar-refractivity contribution is 0.0694. The number of amides is 1. The van der Waals surface area contributed by atoms with E-state index in [0.717, 1.165) is 0 Å². The van der Waals surface area contributed by atoms with Gasteiger partial charge in [-0.05, 0) is 19.8 Å². The Hall–Kier alpha value is -1.87. The second kappa shape index (κ2) is 7.35. The topological polar surface area (TPSA) is 117 Å². The molecule has 0 saturated carbocycles. The van der Waals surface area contributed by atoms with Crippen LogP contribution in [0.2, 0.25) is 0 Å². The van der Waals surface area contributed by atoms with E-state index in [-0.39, 0.29) is 28.9 Å². The number of nitrogens with one attached hydrogen (secondary N) is 1. The van der Waals surface area contributed by atoms with Gasteiger partial charge in [-0.1, -0.05) is 6.92 Å². The number of aromatic carboxylic acids is 1. The number of carbonyl (C=O) groups is 2. The van der Waals surface area contributed by atoms with Gasteiger partial charge in [0.25, 0.3) is 5.91 Å². The molecule has 2 heterocycles. The van der Waals surface area contributed by atoms with Gasteiger partial charge in [0.15, 0.2) is 5.76 Å². The predicted octanol–water partition coefficient (Wildman–Crippen LogP) is 1.08. The summed E-state index contributed by atoms with van der Waals surface area (Å²) in [6.07, 6.45) is 1.40. The standard InChI is InChI=1S/C15H22N2O6S/c1-3-12-11(15(19)20)9-13(23-12)14(18)16-10-5-7-17(8-6-10)24(21,22)4-2/h9-10H,3-8H2,1-2H3,(H,16,18)(H,19,20). The predicted molar refractivity (Wildman–Crippen MR) is 86.6 cm³/mol. The van der Waals surface area contributed by atoms with E-state index in [9.17, 15) is 18.0 Å². The molecule has 24 heavy (non-hydrogen) atoms. The monoisotopic (exact) mass is 358 g/mol. The first kappa shape index (κ1) is 18.5. The van der Waals surface area contributed by atoms with E-state index in [4.69, 9.17) is 9.52 Å². The molecule has 1 aromatic heterocycles. The molecule has 1 aliphatic heterocycles. The molecule has 1 amide bonds. The van der Waals surface area contributed by atoms with Crippen molar-refractivity contribution >= 4 is 21.9 Å². The van der Waals surface area contributed by atoms with E-state index in [1.54, 1.807) is 13.8 Å². The lowest BCUT2D eigenvalue weighted by Crippen LogP contribution is -2.46. The van der Waals surface area contributed by atoms with Crippen molar-refractivity contribution in [3.05, 3.63) is 23.2 Å². The maximum absolute atomic E-state index is 12.2. The van der Waals surface area contributed by atoms with Gasteiger partial charge in [-0.2, -0.15) is 0 Å². The Bertz CT molecular complexity index is 716. The summed E-state index contributed by atoms with van der Waals surface area (Å²) in [7, 11) is -3.20. The first-order valence-corrected chi connectivity index (χ1v) is 9.54. The number of furan rings is 1. The number of carboxylic acid groups (broad SMARTS) is 1. The van der Waals surface area contributed by atoms with Crippen LogP contribution in [0.3, 0.4) is 0 Å². The van der Waals surface area contributed by atoms with E-state index >= 15 is 0 Å². The molecule has 8 nitrogen and oxygen atoms in total. The molecule has 2 N–H and O–H groups in total. The Kier molecular flexibility index (Phi) is 5.66. The highest BCUT2D eigenvalue weighted by Crippen LogP contribution is 2.18. The zero-order chi connectivity index (χ0) is 17.9. The molecular weight excluding hydrogens is 336 g/mol. The van der Waals surface area contributed by atoms with Crippen LogP contribution in [0.15, 0.2) is 10.5 Å². The minimum absolute atomic E-state index is 0.00786. The SMILES string of the molecule is CCc1oc(C(=O)NC2CCN(S(=O)(=O)CC)CC2)cc1C(=O)O. The van der Waals surface area contributed by atoms with Crippen molar-refractivity contribution in [2.45, 2.75) is 39.2 Å². The fourth-order valence-electron chi connectivity index (χ4n) is 2.70. The van der Waals surface area contributed by atoms with Crippen LogP contribution in [0.4, 0.5) is 0 Å². The van der Waals surface area contributed by atoms with Gasteiger partial charge in [0, 0.05) is 31.6 Å². The zero-order valence-corrected chi connectivity index (χ0v) is 14.6. The summed E-state index contributed by atoms with van der Waals surface area (Å²) in [6.45, 7) is 4.07. The Morgan fingerprint density at radius 3 is 2.42 bits per heavy atom. The number of hydrogen-bond donors (Lipinski definition) is 2. The Balaban J connectivity index is 1.98. The van der Waals surface area contributed by atoms with Crippen LogP contribution in [-0.4, -0.2) is 54.6 Å². The van der Waals surface area contributed by atoms with Crippen LogP contribution in [-0.2, 0) is 16.4 Å². The van der Waals surface area contributed by atoms with Gasteiger partial charge in [-0.3, -0.25) is 4.79 Å². The largest absolute Gasteiger partial charge is 0.478 e. The Labute approximate surface area is 140 Å². The van der Waals surface area contributed by atoms with E-state index in [0.29, 0.717) is 32.4 Å². The van der Waals surface area contributed by atoms with Gasteiger partial charge in [-0.25, -0.2) is 17.5 Å². The highest BCUT2D eigenvalue weighted by Gasteiger charge is 2.28. The van der Waals surface area contributed by atoms with Crippen LogP contribution >= 0.6 is 0 Å². The fraction of sp³-hybridized carbons (Fsp3) is 0.600. The van der Waals surface area contributed by atoms with Crippen LogP contribution < -0.4 is 5.32 Å². The molecule has 0 radical (unpaired) electrons. The molecule has 0 atom stereocenters. The molecule has 0 aliphatic carbocycles. The molecule has 0 bridgehead atoms. The van der Waals surface area contributed by atoms with Crippen LogP contribution in [0.1, 0.15) is 53.4 Å². The van der Waals surface area contributed by atoms with Crippen molar-refractivity contribution in [2.75, 3.05) is 18.8 Å². The first-order chi connectivity index (χ1) is 11.3. The van der Waals surface area contributed by atoms with Gasteiger partial charge < -0.3 is 14.8 Å². The van der Waals surface area contributed by atoms with Crippen molar-refractivity contribution in [2.24, 2.45) is 0 Å². The third kappa shape index (κ3) is 3.96. The zero-order valence-electron chi connectivity index (χ0n) is 13.7. The van der Waals surface area contributed by atoms with Gasteiger partial charge in [-0.15, -0.1) is 0 Å². The van der Waals surface area contributed by atoms with Crippen LogP contribution in [0.25, 0.3) is 0 Å². The maximum Gasteiger partial charge on any atom is 0.339 e. The van der Waals surface area contributed by atoms with Gasteiger partial charge in [0.05, 0.1) is 5.75 Å². The fourth-order valence-corrected chi connectivity index (χ4v) is 3.83. The van der Waals surface area contributed by atoms with Crippen molar-refractivity contribution < 1.29 is 27.5 Å². The molecule has 0 spiro atoms. The molecule has 0 unspecified atom stereocenters. The van der Waals surface area contributed by atoms with E-state index < -0.39 is 21.9 Å². The summed E-state index contributed by atoms with van der Waals surface area (Å²) in [6, 6.07) is 1.07. The molecule has 2 rings (SSSR count). The summed E-state index contributed by atoms with van der Waals surface area (Å²) >= 11 is 0. The minimum atomic E-state index is -3.20. The van der Waals surface area contributed by atoms with Gasteiger partial charge in [0.2, 0.25) is 10.0 Å². The number of hydrogen-bond acceptors (Lipinski definition) is 5. The summed E-state index contributed by atoms with van der Waals surface area (Å²) in [4.78, 5) is 23.3. The third-order valence-corrected chi connectivity index (χ3v) is 6.01. The molecule has 1 aliphatic rings. The number of sulfonamides is 1. The smallest absolute Gasteiger partial charge is 0.339 e. The number of nitrogens with zero attached hydrogens (tertiary/aromatic N) is 1. The average molecular weight is 358 g/mol. The lowest BCUT2D eigenvalue weighted by Gasteiger charge is -2.31. The first-order valence-electron chi connectivity index (χ1n) is 7.93. The number of carbonyl (C=O) groups excluding carboxylic acids is 1. The van der Waals surface area contributed by atoms with E-state index in [2.05, 4.69) is 5.32 Å². The second-order valence-electron chi connectivity index (χ2n) is 5.65. The molecule has 1 fully saturated rings. The minimum Gasteiger partial charge on any atom is -0.478 e. The van der Waals surface area contributed by atoms with E-state index in [1.165, 1.54) is 10.4 Å². The summed E-state index contributed by atoms with van der Waals surface area (Å²) in [5, 5.41) is 11.9. The van der Waals surface area contributed by atoms with Crippen LogP contribution in [0.5, 0.6) is 0 Å². The highest BCUT2D eigenvalue weighted by atomic mass is 32.2. The highest BCUT2D eigenvalue weighted by molar-refractivity contribution is 7.89. The molecule has 1 aromatic rings. The molecule has 1 saturated heterocycles. The summed E-state index contributed by atoms with van der Waals surface area (Å²) < 4.78 is 30.4. The van der Waals surface area contributed by atoms with Crippen molar-refractivity contribution in [3.63, 3.8) is 0 Å². The van der Waals surface area contributed by atoms with Crippen molar-refractivity contribution in [1.29, 1.82) is 0 Å². The maximum atomic E-state index is 12.2. The molecule has 0 aromatic carbocycles. The Morgan fingerprint density at radius 2 is 1.96 bits per heavy atom. The van der Waals surface area contributed by atoms with Crippen molar-refractivity contribution in [3.8, 4) is 0 Å². The van der Waals surface area contributed by atoms with Gasteiger partial charge >= 0.3 is 5.97 Å². The average Bonchev–Trinajstić information content (AvgIpc) is 3.00. The number of carboxylic acids is 1. The molecule has 134 valence electrons. The van der Waals surface area contributed by atoms with E-state index in [1.807, 2.05) is 0 Å². The van der Waals surface area contributed by atoms with Crippen molar-refractivity contribution in [1.82, 2.24) is 9.62 Å². The number of piperidine rings is 1. The number of aryl methyl sites for hydroxylation is 1. The number of rotatable bonds is 6. The Morgan fingerprint density at radius 1 is 1.33 bits per heavy atom. The molecule has 9 heteroatoms. The normalized spacial score (nSPS) is 16.9. The molecular formula is C15H22N2O6S. The van der Waals surface area contributed by atoms with Crippen LogP contribution in [0, 0.1) is 0 Å². The quantitative estimate of drug-likeness (QED) is 0.786. The summed E-state index contributed by atoms with van der Waals surface area (Å²) in [5.41, 5.74) is -0.00786. The third-order valence-electron chi connectivity index (χ3n) is 4.13. The van der Waals surface area contributed by atoms with Gasteiger partial charge in [0.1, 0.15) is 11.3 Å². The second-order valence-corrected chi connectivity index (χ2v) is 7.91. The lowest BCUT2D eigenvalue weighted by atomic mass is 10.1.